The number of amides is 1. The summed E-state index contributed by atoms with van der Waals surface area (Å²) in [5, 5.41) is 12.5. The highest BCUT2D eigenvalue weighted by molar-refractivity contribution is 7.89. The van der Waals surface area contributed by atoms with E-state index in [1.54, 1.807) is 6.92 Å². The number of aryl methyl sites for hydroxylation is 1. The minimum Gasteiger partial charge on any atom is -0.387 e. The lowest BCUT2D eigenvalue weighted by Gasteiger charge is -2.14. The van der Waals surface area contributed by atoms with Crippen molar-refractivity contribution in [2.45, 2.75) is 17.9 Å². The van der Waals surface area contributed by atoms with Gasteiger partial charge in [-0.25, -0.2) is 21.9 Å². The number of hydrogen-bond acceptors (Lipinski definition) is 5. The van der Waals surface area contributed by atoms with Gasteiger partial charge in [-0.3, -0.25) is 4.79 Å². The molecule has 0 aliphatic carbocycles. The highest BCUT2D eigenvalue weighted by Gasteiger charge is 2.19. The number of benzene rings is 2. The fourth-order valence-corrected chi connectivity index (χ4v) is 3.54. The van der Waals surface area contributed by atoms with Crippen LogP contribution < -0.4 is 10.0 Å². The lowest BCUT2D eigenvalue weighted by Crippen LogP contribution is -2.30. The van der Waals surface area contributed by atoms with Crippen LogP contribution in [0.5, 0.6) is 0 Å². The van der Waals surface area contributed by atoms with Crippen molar-refractivity contribution < 1.29 is 31.8 Å². The SMILES string of the molecule is COCCNS(=O)(=O)c1ccc(C)c(C(=O)NCC(O)c2ccc(F)c(F)c2)c1. The summed E-state index contributed by atoms with van der Waals surface area (Å²) in [6, 6.07) is 7.02. The van der Waals surface area contributed by atoms with E-state index in [-0.39, 0.29) is 35.7 Å². The molecule has 10 heteroatoms. The summed E-state index contributed by atoms with van der Waals surface area (Å²) in [6.07, 6.45) is -1.27. The number of nitrogens with one attached hydrogen (secondary N) is 2. The van der Waals surface area contributed by atoms with Gasteiger partial charge in [0.15, 0.2) is 11.6 Å². The van der Waals surface area contributed by atoms with E-state index < -0.39 is 33.7 Å². The molecule has 2 aromatic carbocycles. The van der Waals surface area contributed by atoms with E-state index in [9.17, 15) is 27.1 Å². The predicted octanol–water partition coefficient (Wildman–Crippen LogP) is 1.66. The molecule has 0 spiro atoms. The van der Waals surface area contributed by atoms with Crippen LogP contribution in [-0.4, -0.2) is 46.2 Å². The van der Waals surface area contributed by atoms with E-state index in [1.807, 2.05) is 0 Å². The van der Waals surface area contributed by atoms with E-state index in [4.69, 9.17) is 4.74 Å². The van der Waals surface area contributed by atoms with Crippen LogP contribution in [0.15, 0.2) is 41.3 Å². The molecule has 0 bridgehead atoms. The molecule has 158 valence electrons. The predicted molar refractivity (Wildman–Crippen MR) is 102 cm³/mol. The Labute approximate surface area is 167 Å². The van der Waals surface area contributed by atoms with Crippen molar-refractivity contribution >= 4 is 15.9 Å². The van der Waals surface area contributed by atoms with Crippen LogP contribution in [0, 0.1) is 18.6 Å². The zero-order valence-electron chi connectivity index (χ0n) is 15.9. The van der Waals surface area contributed by atoms with Gasteiger partial charge in [0.25, 0.3) is 5.91 Å². The molecule has 1 amide bonds. The van der Waals surface area contributed by atoms with Crippen LogP contribution in [0.2, 0.25) is 0 Å². The van der Waals surface area contributed by atoms with Crippen molar-refractivity contribution in [1.29, 1.82) is 0 Å². The van der Waals surface area contributed by atoms with E-state index in [2.05, 4.69) is 10.0 Å². The minimum absolute atomic E-state index is 0.0780. The maximum absolute atomic E-state index is 13.3. The van der Waals surface area contributed by atoms with Gasteiger partial charge in [-0.05, 0) is 42.3 Å². The standard InChI is InChI=1S/C19H22F2N2O5S/c1-12-3-5-14(29(26,27)23-7-8-28-2)10-15(12)19(25)22-11-18(24)13-4-6-16(20)17(21)9-13/h3-6,9-10,18,23-24H,7-8,11H2,1-2H3,(H,22,25). The van der Waals surface area contributed by atoms with Crippen molar-refractivity contribution in [1.82, 2.24) is 10.0 Å². The van der Waals surface area contributed by atoms with Gasteiger partial charge in [0.2, 0.25) is 10.0 Å². The second-order valence-electron chi connectivity index (χ2n) is 6.27. The zero-order chi connectivity index (χ0) is 21.6. The molecule has 0 heterocycles. The van der Waals surface area contributed by atoms with E-state index >= 15 is 0 Å². The molecule has 0 saturated heterocycles. The first-order valence-corrected chi connectivity index (χ1v) is 10.1. The van der Waals surface area contributed by atoms with Crippen molar-refractivity contribution in [3.8, 4) is 0 Å². The third-order valence-electron chi connectivity index (χ3n) is 4.15. The van der Waals surface area contributed by atoms with Gasteiger partial charge < -0.3 is 15.2 Å². The Kier molecular flexibility index (Phi) is 7.80. The Bertz CT molecular complexity index is 983. The summed E-state index contributed by atoms with van der Waals surface area (Å²) >= 11 is 0. The first-order valence-electron chi connectivity index (χ1n) is 8.66. The van der Waals surface area contributed by atoms with Crippen molar-refractivity contribution in [2.75, 3.05) is 26.8 Å². The largest absolute Gasteiger partial charge is 0.387 e. The Morgan fingerprint density at radius 3 is 2.55 bits per heavy atom. The van der Waals surface area contributed by atoms with Crippen LogP contribution in [0.1, 0.15) is 27.6 Å². The molecule has 0 fully saturated rings. The van der Waals surface area contributed by atoms with Crippen molar-refractivity contribution in [3.05, 3.63) is 64.7 Å². The normalized spacial score (nSPS) is 12.6. The summed E-state index contributed by atoms with van der Waals surface area (Å²) in [5.74, 6) is -2.77. The first kappa shape index (κ1) is 22.9. The van der Waals surface area contributed by atoms with E-state index in [0.717, 1.165) is 12.1 Å². The number of aliphatic hydroxyl groups excluding tert-OH is 1. The fraction of sp³-hybridized carbons (Fsp3) is 0.316. The Morgan fingerprint density at radius 1 is 1.17 bits per heavy atom. The number of carbonyl (C=O) groups is 1. The molecular weight excluding hydrogens is 406 g/mol. The molecule has 29 heavy (non-hydrogen) atoms. The molecule has 0 saturated carbocycles. The number of hydrogen-bond donors (Lipinski definition) is 3. The Hall–Kier alpha value is -2.40. The zero-order valence-corrected chi connectivity index (χ0v) is 16.7. The Morgan fingerprint density at radius 2 is 1.90 bits per heavy atom. The van der Waals surface area contributed by atoms with Gasteiger partial charge in [-0.15, -0.1) is 0 Å². The molecule has 0 aliphatic rings. The number of aliphatic hydroxyl groups is 1. The fourth-order valence-electron chi connectivity index (χ4n) is 2.50. The monoisotopic (exact) mass is 428 g/mol. The lowest BCUT2D eigenvalue weighted by atomic mass is 10.1. The topological polar surface area (TPSA) is 105 Å². The van der Waals surface area contributed by atoms with Gasteiger partial charge >= 0.3 is 0 Å². The molecule has 0 radical (unpaired) electrons. The van der Waals surface area contributed by atoms with Gasteiger partial charge in [-0.1, -0.05) is 12.1 Å². The number of ether oxygens (including phenoxy) is 1. The molecule has 2 aromatic rings. The molecule has 3 N–H and O–H groups in total. The lowest BCUT2D eigenvalue weighted by molar-refractivity contribution is 0.0915. The van der Waals surface area contributed by atoms with Gasteiger partial charge in [0, 0.05) is 25.8 Å². The van der Waals surface area contributed by atoms with Crippen LogP contribution >= 0.6 is 0 Å². The van der Waals surface area contributed by atoms with Gasteiger partial charge in [0.05, 0.1) is 17.6 Å². The average Bonchev–Trinajstić information content (AvgIpc) is 2.68. The third kappa shape index (κ3) is 6.04. The first-order chi connectivity index (χ1) is 13.7. The summed E-state index contributed by atoms with van der Waals surface area (Å²) in [4.78, 5) is 12.4. The number of rotatable bonds is 9. The van der Waals surface area contributed by atoms with E-state index in [0.29, 0.717) is 5.56 Å². The molecule has 7 nitrogen and oxygen atoms in total. The second kappa shape index (κ2) is 9.88. The highest BCUT2D eigenvalue weighted by Crippen LogP contribution is 2.18. The molecule has 2 rings (SSSR count). The quantitative estimate of drug-likeness (QED) is 0.527. The highest BCUT2D eigenvalue weighted by atomic mass is 32.2. The third-order valence-corrected chi connectivity index (χ3v) is 5.61. The maximum Gasteiger partial charge on any atom is 0.251 e. The number of halogens is 2. The molecular formula is C19H22F2N2O5S. The summed E-state index contributed by atoms with van der Waals surface area (Å²) in [6.45, 7) is 1.64. The average molecular weight is 428 g/mol. The number of carbonyl (C=O) groups excluding carboxylic acids is 1. The Balaban J connectivity index is 2.11. The summed E-state index contributed by atoms with van der Waals surface area (Å²) < 4.78 is 58.0. The molecule has 1 unspecified atom stereocenters. The smallest absolute Gasteiger partial charge is 0.251 e. The summed E-state index contributed by atoms with van der Waals surface area (Å²) in [5.41, 5.74) is 0.734. The van der Waals surface area contributed by atoms with Gasteiger partial charge in [-0.2, -0.15) is 0 Å². The van der Waals surface area contributed by atoms with Crippen molar-refractivity contribution in [3.63, 3.8) is 0 Å². The molecule has 1 atom stereocenters. The minimum atomic E-state index is -3.82. The summed E-state index contributed by atoms with van der Waals surface area (Å²) in [7, 11) is -2.38. The molecule has 0 aromatic heterocycles. The van der Waals surface area contributed by atoms with Gasteiger partial charge in [0.1, 0.15) is 0 Å². The second-order valence-corrected chi connectivity index (χ2v) is 8.03. The maximum atomic E-state index is 13.3. The van der Waals surface area contributed by atoms with Crippen LogP contribution in [-0.2, 0) is 14.8 Å². The van der Waals surface area contributed by atoms with Crippen LogP contribution in [0.4, 0.5) is 8.78 Å². The van der Waals surface area contributed by atoms with E-state index in [1.165, 1.54) is 31.4 Å². The number of sulfonamides is 1. The molecule has 0 aliphatic heterocycles. The van der Waals surface area contributed by atoms with Crippen LogP contribution in [0.3, 0.4) is 0 Å². The van der Waals surface area contributed by atoms with Crippen molar-refractivity contribution in [2.24, 2.45) is 0 Å². The van der Waals surface area contributed by atoms with Crippen LogP contribution in [0.25, 0.3) is 0 Å². The number of methoxy groups -OCH3 is 1.